The van der Waals surface area contributed by atoms with Gasteiger partial charge in [0, 0.05) is 18.1 Å². The first-order chi connectivity index (χ1) is 9.47. The van der Waals surface area contributed by atoms with Crippen molar-refractivity contribution in [2.45, 2.75) is 20.4 Å². The number of carboxylic acids is 1. The van der Waals surface area contributed by atoms with Crippen LogP contribution in [0.5, 0.6) is 0 Å². The highest BCUT2D eigenvalue weighted by molar-refractivity contribution is 5.97. The summed E-state index contributed by atoms with van der Waals surface area (Å²) >= 11 is 0. The Morgan fingerprint density at radius 2 is 2.00 bits per heavy atom. The van der Waals surface area contributed by atoms with Gasteiger partial charge in [0.05, 0.1) is 5.69 Å². The second-order valence-electron chi connectivity index (χ2n) is 4.19. The van der Waals surface area contributed by atoms with Crippen molar-refractivity contribution in [1.82, 2.24) is 19.7 Å². The standard InChI is InChI=1S/C12H13N5O3/c1-7-5-8(2)17(16-7)6-9(18)15-11-10(12(19)20)13-3-4-14-11/h3-5H,6H2,1-2H3,(H,19,20)(H,14,15,18). The van der Waals surface area contributed by atoms with Crippen molar-refractivity contribution in [2.75, 3.05) is 5.32 Å². The number of hydrogen-bond donors (Lipinski definition) is 2. The van der Waals surface area contributed by atoms with Crippen LogP contribution < -0.4 is 5.32 Å². The number of amides is 1. The van der Waals surface area contributed by atoms with E-state index in [0.29, 0.717) is 0 Å². The van der Waals surface area contributed by atoms with Gasteiger partial charge in [-0.25, -0.2) is 14.8 Å². The van der Waals surface area contributed by atoms with Gasteiger partial charge >= 0.3 is 5.97 Å². The molecule has 0 radical (unpaired) electrons. The van der Waals surface area contributed by atoms with Crippen molar-refractivity contribution in [3.8, 4) is 0 Å². The largest absolute Gasteiger partial charge is 0.476 e. The fraction of sp³-hybridized carbons (Fsp3) is 0.250. The Hall–Kier alpha value is -2.77. The number of nitrogens with one attached hydrogen (secondary N) is 1. The lowest BCUT2D eigenvalue weighted by molar-refractivity contribution is -0.117. The summed E-state index contributed by atoms with van der Waals surface area (Å²) in [5.41, 5.74) is 1.35. The molecule has 8 heteroatoms. The zero-order valence-corrected chi connectivity index (χ0v) is 11.0. The Balaban J connectivity index is 2.13. The van der Waals surface area contributed by atoms with E-state index < -0.39 is 11.9 Å². The number of carbonyl (C=O) groups excluding carboxylic acids is 1. The van der Waals surface area contributed by atoms with Crippen LogP contribution in [0, 0.1) is 13.8 Å². The molecule has 0 fully saturated rings. The maximum absolute atomic E-state index is 11.9. The lowest BCUT2D eigenvalue weighted by Crippen LogP contribution is -2.22. The molecule has 1 amide bonds. The molecule has 8 nitrogen and oxygen atoms in total. The number of anilines is 1. The maximum atomic E-state index is 11.9. The quantitative estimate of drug-likeness (QED) is 0.846. The Morgan fingerprint density at radius 1 is 1.30 bits per heavy atom. The van der Waals surface area contributed by atoms with E-state index in [1.165, 1.54) is 17.1 Å². The molecule has 20 heavy (non-hydrogen) atoms. The highest BCUT2D eigenvalue weighted by Gasteiger charge is 2.15. The Kier molecular flexibility index (Phi) is 3.74. The second kappa shape index (κ2) is 5.47. The third-order valence-corrected chi connectivity index (χ3v) is 2.56. The SMILES string of the molecule is Cc1cc(C)n(CC(=O)Nc2nccnc2C(=O)O)n1. The summed E-state index contributed by atoms with van der Waals surface area (Å²) in [7, 11) is 0. The van der Waals surface area contributed by atoms with Gasteiger partial charge in [-0.2, -0.15) is 5.10 Å². The highest BCUT2D eigenvalue weighted by Crippen LogP contribution is 2.08. The molecule has 0 aliphatic carbocycles. The van der Waals surface area contributed by atoms with Gasteiger partial charge in [0.15, 0.2) is 11.5 Å². The van der Waals surface area contributed by atoms with E-state index in [4.69, 9.17) is 5.11 Å². The van der Waals surface area contributed by atoms with Crippen molar-refractivity contribution in [1.29, 1.82) is 0 Å². The van der Waals surface area contributed by atoms with E-state index in [0.717, 1.165) is 11.4 Å². The molecular formula is C12H13N5O3. The van der Waals surface area contributed by atoms with Gasteiger partial charge in [-0.1, -0.05) is 0 Å². The molecule has 0 bridgehead atoms. The highest BCUT2D eigenvalue weighted by atomic mass is 16.4. The fourth-order valence-corrected chi connectivity index (χ4v) is 1.73. The third-order valence-electron chi connectivity index (χ3n) is 2.56. The van der Waals surface area contributed by atoms with E-state index in [2.05, 4.69) is 20.4 Å². The molecule has 0 saturated heterocycles. The van der Waals surface area contributed by atoms with Gasteiger partial charge in [-0.15, -0.1) is 0 Å². The lowest BCUT2D eigenvalue weighted by Gasteiger charge is -2.07. The summed E-state index contributed by atoms with van der Waals surface area (Å²) in [6.45, 7) is 3.64. The molecule has 2 aromatic heterocycles. The maximum Gasteiger partial charge on any atom is 0.358 e. The van der Waals surface area contributed by atoms with E-state index in [-0.39, 0.29) is 18.1 Å². The van der Waals surface area contributed by atoms with E-state index in [1.54, 1.807) is 0 Å². The van der Waals surface area contributed by atoms with Gasteiger partial charge in [-0.3, -0.25) is 9.48 Å². The van der Waals surface area contributed by atoms with Gasteiger partial charge in [-0.05, 0) is 19.9 Å². The van der Waals surface area contributed by atoms with Crippen molar-refractivity contribution in [3.63, 3.8) is 0 Å². The van der Waals surface area contributed by atoms with Gasteiger partial charge in [0.2, 0.25) is 5.91 Å². The van der Waals surface area contributed by atoms with Gasteiger partial charge in [0.25, 0.3) is 0 Å². The number of nitrogens with zero attached hydrogens (tertiary/aromatic N) is 4. The zero-order chi connectivity index (χ0) is 14.7. The number of carboxylic acid groups (broad SMARTS) is 1. The molecule has 0 unspecified atom stereocenters. The summed E-state index contributed by atoms with van der Waals surface area (Å²) < 4.78 is 1.53. The smallest absolute Gasteiger partial charge is 0.358 e. The van der Waals surface area contributed by atoms with Crippen molar-refractivity contribution >= 4 is 17.7 Å². The van der Waals surface area contributed by atoms with Crippen LogP contribution in [0.15, 0.2) is 18.5 Å². The summed E-state index contributed by atoms with van der Waals surface area (Å²) in [5, 5.41) is 15.5. The predicted octanol–water partition coefficient (Wildman–Crippen LogP) is 0.627. The zero-order valence-electron chi connectivity index (χ0n) is 11.0. The number of aromatic nitrogens is 4. The van der Waals surface area contributed by atoms with Crippen LogP contribution >= 0.6 is 0 Å². The van der Waals surface area contributed by atoms with Crippen LogP contribution in [0.1, 0.15) is 21.9 Å². The normalized spacial score (nSPS) is 10.3. The molecule has 0 aromatic carbocycles. The molecule has 104 valence electrons. The van der Waals surface area contributed by atoms with Crippen molar-refractivity contribution in [2.24, 2.45) is 0 Å². The number of aryl methyl sites for hydroxylation is 2. The molecule has 2 rings (SSSR count). The minimum Gasteiger partial charge on any atom is -0.476 e. The molecule has 2 N–H and O–H groups in total. The number of rotatable bonds is 4. The Labute approximate surface area is 114 Å². The molecular weight excluding hydrogens is 262 g/mol. The molecule has 2 aromatic rings. The van der Waals surface area contributed by atoms with Crippen LogP contribution in [-0.4, -0.2) is 36.7 Å². The van der Waals surface area contributed by atoms with Crippen LogP contribution in [0.4, 0.5) is 5.82 Å². The van der Waals surface area contributed by atoms with Gasteiger partial charge < -0.3 is 10.4 Å². The van der Waals surface area contributed by atoms with E-state index >= 15 is 0 Å². The number of aromatic carboxylic acids is 1. The van der Waals surface area contributed by atoms with Crippen LogP contribution in [-0.2, 0) is 11.3 Å². The molecule has 0 saturated carbocycles. The predicted molar refractivity (Wildman–Crippen MR) is 69.3 cm³/mol. The first-order valence-corrected chi connectivity index (χ1v) is 5.82. The minimum atomic E-state index is -1.25. The summed E-state index contributed by atoms with van der Waals surface area (Å²) in [6.07, 6.45) is 2.56. The third kappa shape index (κ3) is 2.97. The van der Waals surface area contributed by atoms with Gasteiger partial charge in [0.1, 0.15) is 6.54 Å². The van der Waals surface area contributed by atoms with Crippen LogP contribution in [0.25, 0.3) is 0 Å². The second-order valence-corrected chi connectivity index (χ2v) is 4.19. The summed E-state index contributed by atoms with van der Waals surface area (Å²) in [5.74, 6) is -1.75. The van der Waals surface area contributed by atoms with Crippen LogP contribution in [0.2, 0.25) is 0 Å². The lowest BCUT2D eigenvalue weighted by atomic mass is 10.4. The van der Waals surface area contributed by atoms with E-state index in [1.807, 2.05) is 19.9 Å². The topological polar surface area (TPSA) is 110 Å². The molecule has 0 atom stereocenters. The van der Waals surface area contributed by atoms with E-state index in [9.17, 15) is 9.59 Å². The average molecular weight is 275 g/mol. The summed E-state index contributed by atoms with van der Waals surface area (Å²) in [6, 6.07) is 1.85. The number of carbonyl (C=O) groups is 2. The van der Waals surface area contributed by atoms with Crippen molar-refractivity contribution in [3.05, 3.63) is 35.5 Å². The monoisotopic (exact) mass is 275 g/mol. The molecule has 2 heterocycles. The fourth-order valence-electron chi connectivity index (χ4n) is 1.73. The Morgan fingerprint density at radius 3 is 2.60 bits per heavy atom. The summed E-state index contributed by atoms with van der Waals surface area (Å²) in [4.78, 5) is 30.3. The molecule has 0 aliphatic heterocycles. The first-order valence-electron chi connectivity index (χ1n) is 5.82. The van der Waals surface area contributed by atoms with Crippen LogP contribution in [0.3, 0.4) is 0 Å². The number of hydrogen-bond acceptors (Lipinski definition) is 5. The average Bonchev–Trinajstić information content (AvgIpc) is 2.68. The Bertz CT molecular complexity index is 665. The minimum absolute atomic E-state index is 0.0185. The first kappa shape index (κ1) is 13.7. The van der Waals surface area contributed by atoms with Crippen molar-refractivity contribution < 1.29 is 14.7 Å². The molecule has 0 spiro atoms. The molecule has 0 aliphatic rings.